The molecule has 3 aromatic rings. The number of likely N-dealkylation sites (tertiary alicyclic amines) is 1. The van der Waals surface area contributed by atoms with Gasteiger partial charge in [-0.3, -0.25) is 4.79 Å². The Labute approximate surface area is 159 Å². The number of alkyl halides is 1. The molecule has 28 heavy (non-hydrogen) atoms. The van der Waals surface area contributed by atoms with Crippen LogP contribution in [0.3, 0.4) is 0 Å². The third-order valence-corrected chi connectivity index (χ3v) is 4.61. The first-order chi connectivity index (χ1) is 13.5. The fourth-order valence-corrected chi connectivity index (χ4v) is 3.16. The van der Waals surface area contributed by atoms with Crippen molar-refractivity contribution in [3.63, 3.8) is 0 Å². The van der Waals surface area contributed by atoms with E-state index in [4.69, 9.17) is 9.26 Å². The summed E-state index contributed by atoms with van der Waals surface area (Å²) in [6.45, 7) is 5.81. The van der Waals surface area contributed by atoms with Gasteiger partial charge in [-0.2, -0.15) is 9.97 Å². The number of rotatable bonds is 5. The lowest BCUT2D eigenvalue weighted by Crippen LogP contribution is -2.49. The van der Waals surface area contributed by atoms with Gasteiger partial charge < -0.3 is 24.5 Å². The molecule has 1 saturated heterocycles. The smallest absolute Gasteiger partial charge is 0.246 e. The van der Waals surface area contributed by atoms with Gasteiger partial charge in [-0.05, 0) is 25.0 Å². The first kappa shape index (κ1) is 18.0. The Morgan fingerprint density at radius 1 is 1.54 bits per heavy atom. The Morgan fingerprint density at radius 3 is 3.14 bits per heavy atom. The molecular formula is C18H19FN6O3. The number of hydrogen-bond acceptors (Lipinski definition) is 7. The number of anilines is 2. The third kappa shape index (κ3) is 3.40. The molecule has 2 N–H and O–H groups in total. The first-order valence-corrected chi connectivity index (χ1v) is 8.79. The van der Waals surface area contributed by atoms with Crippen molar-refractivity contribution in [3.05, 3.63) is 36.9 Å². The van der Waals surface area contributed by atoms with Crippen LogP contribution in [0.25, 0.3) is 11.0 Å². The zero-order valence-corrected chi connectivity index (χ0v) is 15.2. The van der Waals surface area contributed by atoms with E-state index in [0.29, 0.717) is 23.3 Å². The maximum absolute atomic E-state index is 14.5. The monoisotopic (exact) mass is 386 g/mol. The van der Waals surface area contributed by atoms with Crippen molar-refractivity contribution in [3.8, 4) is 5.88 Å². The Bertz CT molecular complexity index is 1000. The summed E-state index contributed by atoms with van der Waals surface area (Å²) in [6, 6.07) is 0. The van der Waals surface area contributed by atoms with Crippen molar-refractivity contribution in [1.29, 1.82) is 0 Å². The standard InChI is InChI=1S/C18H19FN6O3/c1-3-14(26)25-5-4-12(19)13(8-25)28-17-15-10(2)6-20-16(15)23-18(24-17)22-11-7-21-27-9-11/h3,6-7,9,12-13H,1,4-5,8H2,2H3,(H2,20,22,23,24)/t12-,13-/m0/s1. The van der Waals surface area contributed by atoms with Crippen LogP contribution < -0.4 is 10.1 Å². The average Bonchev–Trinajstić information content (AvgIpc) is 3.33. The predicted molar refractivity (Wildman–Crippen MR) is 99.1 cm³/mol. The van der Waals surface area contributed by atoms with Gasteiger partial charge in [0.25, 0.3) is 0 Å². The molecule has 1 amide bonds. The number of aryl methyl sites for hydroxylation is 1. The molecule has 146 valence electrons. The highest BCUT2D eigenvalue weighted by molar-refractivity contribution is 5.87. The van der Waals surface area contributed by atoms with Gasteiger partial charge in [0, 0.05) is 12.7 Å². The number of carbonyl (C=O) groups excluding carboxylic acids is 1. The van der Waals surface area contributed by atoms with Crippen molar-refractivity contribution < 1.29 is 18.4 Å². The lowest BCUT2D eigenvalue weighted by Gasteiger charge is -2.34. The molecule has 0 bridgehead atoms. The van der Waals surface area contributed by atoms with Gasteiger partial charge in [0.2, 0.25) is 17.7 Å². The summed E-state index contributed by atoms with van der Waals surface area (Å²) in [5.74, 6) is 0.238. The van der Waals surface area contributed by atoms with Crippen LogP contribution in [-0.4, -0.2) is 56.3 Å². The molecule has 0 spiro atoms. The largest absolute Gasteiger partial charge is 0.469 e. The fraction of sp³-hybridized carbons (Fsp3) is 0.333. The molecule has 1 aliphatic rings. The third-order valence-electron chi connectivity index (χ3n) is 4.61. The minimum Gasteiger partial charge on any atom is -0.469 e. The Kier molecular flexibility index (Phi) is 4.68. The van der Waals surface area contributed by atoms with Gasteiger partial charge in [0.1, 0.15) is 29.9 Å². The molecule has 2 atom stereocenters. The molecule has 0 aromatic carbocycles. The highest BCUT2D eigenvalue weighted by atomic mass is 19.1. The van der Waals surface area contributed by atoms with E-state index in [1.54, 1.807) is 6.20 Å². The molecule has 10 heteroatoms. The number of H-pyrrole nitrogens is 1. The zero-order valence-electron chi connectivity index (χ0n) is 15.2. The van der Waals surface area contributed by atoms with Crippen LogP contribution in [-0.2, 0) is 4.79 Å². The highest BCUT2D eigenvalue weighted by Crippen LogP contribution is 2.30. The molecule has 4 rings (SSSR count). The molecule has 9 nitrogen and oxygen atoms in total. The second kappa shape index (κ2) is 7.29. The van der Waals surface area contributed by atoms with E-state index in [1.807, 2.05) is 6.92 Å². The van der Waals surface area contributed by atoms with E-state index in [2.05, 4.69) is 32.0 Å². The molecule has 0 saturated carbocycles. The van der Waals surface area contributed by atoms with Crippen LogP contribution in [0, 0.1) is 6.92 Å². The van der Waals surface area contributed by atoms with Crippen LogP contribution in [0.4, 0.5) is 16.0 Å². The summed E-state index contributed by atoms with van der Waals surface area (Å²) >= 11 is 0. The van der Waals surface area contributed by atoms with Crippen molar-refractivity contribution >= 4 is 28.6 Å². The molecule has 1 fully saturated rings. The summed E-state index contributed by atoms with van der Waals surface area (Å²) in [7, 11) is 0. The van der Waals surface area contributed by atoms with E-state index in [9.17, 15) is 9.18 Å². The number of nitrogens with zero attached hydrogens (tertiary/aromatic N) is 4. The normalized spacial score (nSPS) is 19.6. The number of aromatic amines is 1. The SMILES string of the molecule is C=CC(=O)N1CC[C@H](F)[C@@H](Oc2nc(Nc3cnoc3)nc3[nH]cc(C)c23)C1. The number of fused-ring (bicyclic) bond motifs is 1. The summed E-state index contributed by atoms with van der Waals surface area (Å²) in [5, 5.41) is 7.24. The van der Waals surface area contributed by atoms with Gasteiger partial charge in [0.15, 0.2) is 0 Å². The van der Waals surface area contributed by atoms with E-state index < -0.39 is 12.3 Å². The Balaban J connectivity index is 1.65. The maximum Gasteiger partial charge on any atom is 0.246 e. The van der Waals surface area contributed by atoms with Crippen LogP contribution in [0.5, 0.6) is 5.88 Å². The molecule has 0 aliphatic carbocycles. The molecule has 0 radical (unpaired) electrons. The van der Waals surface area contributed by atoms with Crippen molar-refractivity contribution in [2.45, 2.75) is 25.6 Å². The fourth-order valence-electron chi connectivity index (χ4n) is 3.16. The van der Waals surface area contributed by atoms with E-state index in [-0.39, 0.29) is 30.7 Å². The average molecular weight is 386 g/mol. The first-order valence-electron chi connectivity index (χ1n) is 8.79. The predicted octanol–water partition coefficient (Wildman–Crippen LogP) is 2.50. The molecule has 4 heterocycles. The Morgan fingerprint density at radius 2 is 2.39 bits per heavy atom. The Hall–Kier alpha value is -3.43. The van der Waals surface area contributed by atoms with Crippen LogP contribution in [0.1, 0.15) is 12.0 Å². The second-order valence-electron chi connectivity index (χ2n) is 6.54. The minimum absolute atomic E-state index is 0.120. The highest BCUT2D eigenvalue weighted by Gasteiger charge is 2.33. The number of nitrogens with one attached hydrogen (secondary N) is 2. The summed E-state index contributed by atoms with van der Waals surface area (Å²) in [5.41, 5.74) is 1.98. The number of carbonyl (C=O) groups is 1. The second-order valence-corrected chi connectivity index (χ2v) is 6.54. The van der Waals surface area contributed by atoms with Crippen molar-refractivity contribution in [2.24, 2.45) is 0 Å². The number of aromatic nitrogens is 4. The summed E-state index contributed by atoms with van der Waals surface area (Å²) in [6.07, 6.45) is 4.01. The molecular weight excluding hydrogens is 367 g/mol. The molecule has 0 unspecified atom stereocenters. The van der Waals surface area contributed by atoms with E-state index in [1.165, 1.54) is 23.4 Å². The lowest BCUT2D eigenvalue weighted by atomic mass is 10.1. The van der Waals surface area contributed by atoms with Crippen molar-refractivity contribution in [2.75, 3.05) is 18.4 Å². The molecule has 1 aliphatic heterocycles. The quantitative estimate of drug-likeness (QED) is 0.649. The number of ether oxygens (including phenoxy) is 1. The topological polar surface area (TPSA) is 109 Å². The van der Waals surface area contributed by atoms with Gasteiger partial charge >= 0.3 is 0 Å². The number of halogens is 1. The van der Waals surface area contributed by atoms with Crippen molar-refractivity contribution in [1.82, 2.24) is 25.0 Å². The zero-order chi connectivity index (χ0) is 19.7. The van der Waals surface area contributed by atoms with E-state index >= 15 is 0 Å². The van der Waals surface area contributed by atoms with Gasteiger partial charge in [0.05, 0.1) is 18.1 Å². The minimum atomic E-state index is -1.22. The van der Waals surface area contributed by atoms with Crippen LogP contribution in [0.2, 0.25) is 0 Å². The van der Waals surface area contributed by atoms with Gasteiger partial charge in [-0.25, -0.2) is 4.39 Å². The molecule has 3 aromatic heterocycles. The van der Waals surface area contributed by atoms with Crippen LogP contribution >= 0.6 is 0 Å². The lowest BCUT2D eigenvalue weighted by molar-refractivity contribution is -0.130. The number of hydrogen-bond donors (Lipinski definition) is 2. The van der Waals surface area contributed by atoms with Gasteiger partial charge in [-0.15, -0.1) is 0 Å². The van der Waals surface area contributed by atoms with Gasteiger partial charge in [-0.1, -0.05) is 11.7 Å². The maximum atomic E-state index is 14.5. The van der Waals surface area contributed by atoms with E-state index in [0.717, 1.165) is 5.56 Å². The number of amides is 1. The summed E-state index contributed by atoms with van der Waals surface area (Å²) < 4.78 is 25.3. The van der Waals surface area contributed by atoms with Crippen LogP contribution in [0.15, 0.2) is 35.8 Å². The number of piperidine rings is 1. The summed E-state index contributed by atoms with van der Waals surface area (Å²) in [4.78, 5) is 25.3.